The first-order valence-corrected chi connectivity index (χ1v) is 7.77. The van der Waals surface area contributed by atoms with Crippen LogP contribution in [-0.2, 0) is 11.1 Å². The first-order valence-electron chi connectivity index (χ1n) is 6.24. The van der Waals surface area contributed by atoms with Crippen LogP contribution in [0, 0.1) is 0 Å². The molecule has 0 aliphatic heterocycles. The summed E-state index contributed by atoms with van der Waals surface area (Å²) in [5.41, 5.74) is 1.57. The Balaban J connectivity index is 1.86. The van der Waals surface area contributed by atoms with Gasteiger partial charge in [0.05, 0.1) is 0 Å². The predicted octanol–water partition coefficient (Wildman–Crippen LogP) is 0.960. The molecule has 3 aromatic rings. The molecule has 9 nitrogen and oxygen atoms in total. The van der Waals surface area contributed by atoms with E-state index in [-0.39, 0.29) is 5.65 Å². The van der Waals surface area contributed by atoms with Gasteiger partial charge in [-0.25, -0.2) is 19.5 Å². The van der Waals surface area contributed by atoms with E-state index in [1.165, 1.54) is 6.33 Å². The molecule has 22 heavy (non-hydrogen) atoms. The van der Waals surface area contributed by atoms with Gasteiger partial charge in [0.15, 0.2) is 11.3 Å². The van der Waals surface area contributed by atoms with Crippen molar-refractivity contribution in [2.24, 2.45) is 0 Å². The summed E-state index contributed by atoms with van der Waals surface area (Å²) in [6.45, 7) is 0.527. The predicted molar refractivity (Wildman–Crippen MR) is 77.7 cm³/mol. The third-order valence-corrected chi connectivity index (χ3v) is 3.19. The number of nitrogens with one attached hydrogen (secondary N) is 1. The third-order valence-electron chi connectivity index (χ3n) is 2.80. The highest BCUT2D eigenvalue weighted by atomic mass is 31.2. The van der Waals surface area contributed by atoms with Gasteiger partial charge in [0.25, 0.3) is 0 Å². The van der Waals surface area contributed by atoms with Crippen LogP contribution in [0.5, 0.6) is 0 Å². The summed E-state index contributed by atoms with van der Waals surface area (Å²) in [4.78, 5) is 29.7. The van der Waals surface area contributed by atoms with Crippen molar-refractivity contribution in [2.75, 3.05) is 5.32 Å². The number of hydrogen-bond acceptors (Lipinski definition) is 6. The number of aromatic nitrogens is 4. The molecular weight excluding hydrogens is 309 g/mol. The van der Waals surface area contributed by atoms with Gasteiger partial charge in [-0.05, 0) is 5.56 Å². The number of imidazole rings is 1. The minimum absolute atomic E-state index is 0.161. The van der Waals surface area contributed by atoms with Gasteiger partial charge in [0.1, 0.15) is 12.7 Å². The second kappa shape index (κ2) is 5.72. The van der Waals surface area contributed by atoms with Crippen LogP contribution in [0.15, 0.2) is 43.0 Å². The lowest BCUT2D eigenvalue weighted by molar-refractivity contribution is 0.183. The van der Waals surface area contributed by atoms with Crippen molar-refractivity contribution in [2.45, 2.75) is 6.54 Å². The lowest BCUT2D eigenvalue weighted by Gasteiger charge is -2.07. The second-order valence-electron chi connectivity index (χ2n) is 4.38. The molecule has 2 aromatic heterocycles. The molecule has 0 radical (unpaired) electrons. The Morgan fingerprint density at radius 3 is 2.68 bits per heavy atom. The Kier molecular flexibility index (Phi) is 3.76. The average molecular weight is 321 g/mol. The van der Waals surface area contributed by atoms with Crippen LogP contribution in [0.25, 0.3) is 11.2 Å². The molecule has 0 spiro atoms. The Hall–Kier alpha value is -2.48. The minimum Gasteiger partial charge on any atom is -0.364 e. The molecule has 1 aromatic carbocycles. The average Bonchev–Trinajstić information content (AvgIpc) is 2.88. The zero-order chi connectivity index (χ0) is 15.6. The van der Waals surface area contributed by atoms with Gasteiger partial charge in [-0.3, -0.25) is 9.79 Å². The quantitative estimate of drug-likeness (QED) is 0.594. The van der Waals surface area contributed by atoms with Crippen LogP contribution < -0.4 is 9.94 Å². The molecule has 0 fully saturated rings. The number of phosphoric acid groups is 1. The topological polar surface area (TPSA) is 122 Å². The van der Waals surface area contributed by atoms with Crippen molar-refractivity contribution < 1.29 is 19.0 Å². The summed E-state index contributed by atoms with van der Waals surface area (Å²) >= 11 is 0. The molecule has 114 valence electrons. The highest BCUT2D eigenvalue weighted by Crippen LogP contribution is 2.32. The summed E-state index contributed by atoms with van der Waals surface area (Å²) in [5, 5.41) is 3.10. The second-order valence-corrected chi connectivity index (χ2v) is 5.52. The number of fused-ring (bicyclic) bond motifs is 1. The molecule has 0 aliphatic rings. The van der Waals surface area contributed by atoms with Crippen LogP contribution in [0.2, 0.25) is 0 Å². The van der Waals surface area contributed by atoms with Crippen molar-refractivity contribution in [3.63, 3.8) is 0 Å². The molecule has 0 atom stereocenters. The van der Waals surface area contributed by atoms with Gasteiger partial charge < -0.3 is 9.94 Å². The maximum Gasteiger partial charge on any atom is 0.543 e. The first kappa shape index (κ1) is 14.5. The SMILES string of the molecule is O=P(O)(O)On1cnc2c(NCc3ccccc3)ncnc21. The zero-order valence-corrected chi connectivity index (χ0v) is 12.1. The molecule has 0 amide bonds. The summed E-state index contributed by atoms with van der Waals surface area (Å²) in [6, 6.07) is 9.69. The monoisotopic (exact) mass is 321 g/mol. The molecule has 0 unspecified atom stereocenters. The minimum atomic E-state index is -4.69. The number of nitrogens with zero attached hydrogens (tertiary/aromatic N) is 4. The Morgan fingerprint density at radius 1 is 1.18 bits per heavy atom. The fraction of sp³-hybridized carbons (Fsp3) is 0.0833. The first-order chi connectivity index (χ1) is 10.5. The zero-order valence-electron chi connectivity index (χ0n) is 11.2. The third kappa shape index (κ3) is 3.22. The van der Waals surface area contributed by atoms with E-state index >= 15 is 0 Å². The largest absolute Gasteiger partial charge is 0.543 e. The molecule has 0 aliphatic carbocycles. The maximum atomic E-state index is 10.9. The van der Waals surface area contributed by atoms with Crippen molar-refractivity contribution in [3.8, 4) is 0 Å². The maximum absolute atomic E-state index is 10.9. The summed E-state index contributed by atoms with van der Waals surface area (Å²) in [7, 11) is -4.69. The van der Waals surface area contributed by atoms with Gasteiger partial charge in [-0.2, -0.15) is 0 Å². The summed E-state index contributed by atoms with van der Waals surface area (Å²) in [6.07, 6.45) is 2.39. The van der Waals surface area contributed by atoms with E-state index in [2.05, 4.69) is 24.9 Å². The molecular formula is C12H12N5O4P. The van der Waals surface area contributed by atoms with Gasteiger partial charge in [0, 0.05) is 6.54 Å². The van der Waals surface area contributed by atoms with Crippen LogP contribution in [0.4, 0.5) is 5.82 Å². The Labute approximate surface area is 124 Å². The summed E-state index contributed by atoms with van der Waals surface area (Å²) in [5.74, 6) is 0.446. The van der Waals surface area contributed by atoms with Crippen molar-refractivity contribution in [1.82, 2.24) is 19.7 Å². The van der Waals surface area contributed by atoms with Gasteiger partial charge in [-0.1, -0.05) is 30.3 Å². The smallest absolute Gasteiger partial charge is 0.364 e. The number of hydrogen-bond donors (Lipinski definition) is 3. The van der Waals surface area contributed by atoms with E-state index < -0.39 is 7.82 Å². The van der Waals surface area contributed by atoms with E-state index in [0.717, 1.165) is 16.6 Å². The fourth-order valence-electron chi connectivity index (χ4n) is 1.90. The fourth-order valence-corrected chi connectivity index (χ4v) is 2.25. The number of rotatable bonds is 5. The van der Waals surface area contributed by atoms with E-state index in [4.69, 9.17) is 9.79 Å². The Morgan fingerprint density at radius 2 is 1.95 bits per heavy atom. The van der Waals surface area contributed by atoms with E-state index in [9.17, 15) is 4.57 Å². The van der Waals surface area contributed by atoms with Gasteiger partial charge in [-0.15, -0.1) is 4.73 Å². The number of anilines is 1. The molecule has 0 bridgehead atoms. The van der Waals surface area contributed by atoms with E-state index in [1.807, 2.05) is 30.3 Å². The molecule has 0 saturated heterocycles. The van der Waals surface area contributed by atoms with Crippen molar-refractivity contribution in [3.05, 3.63) is 48.5 Å². The van der Waals surface area contributed by atoms with Crippen LogP contribution in [0.3, 0.4) is 0 Å². The van der Waals surface area contributed by atoms with Gasteiger partial charge >= 0.3 is 7.82 Å². The highest BCUT2D eigenvalue weighted by molar-refractivity contribution is 7.46. The van der Waals surface area contributed by atoms with Crippen LogP contribution in [-0.4, -0.2) is 29.5 Å². The lowest BCUT2D eigenvalue weighted by Crippen LogP contribution is -2.08. The molecule has 0 saturated carbocycles. The summed E-state index contributed by atoms with van der Waals surface area (Å²) < 4.78 is 16.2. The van der Waals surface area contributed by atoms with E-state index in [1.54, 1.807) is 0 Å². The Bertz CT molecular complexity index is 832. The van der Waals surface area contributed by atoms with Crippen molar-refractivity contribution >= 4 is 24.8 Å². The van der Waals surface area contributed by atoms with E-state index in [0.29, 0.717) is 17.9 Å². The van der Waals surface area contributed by atoms with Crippen molar-refractivity contribution in [1.29, 1.82) is 0 Å². The molecule has 3 rings (SSSR count). The molecule has 2 heterocycles. The molecule has 3 N–H and O–H groups in total. The normalized spacial score (nSPS) is 11.5. The standard InChI is InChI=1S/C12H12N5O4P/c18-22(19,20)21-17-8-16-10-11(14-7-15-12(10)17)13-6-9-4-2-1-3-5-9/h1-5,7-8H,6H2,(H,13,14,15)(H2,18,19,20). The van der Waals surface area contributed by atoms with Crippen LogP contribution in [0.1, 0.15) is 5.56 Å². The van der Waals surface area contributed by atoms with Gasteiger partial charge in [0.2, 0.25) is 5.65 Å². The highest BCUT2D eigenvalue weighted by Gasteiger charge is 2.19. The molecule has 10 heteroatoms. The van der Waals surface area contributed by atoms with Crippen LogP contribution >= 0.6 is 7.82 Å². The lowest BCUT2D eigenvalue weighted by atomic mass is 10.2. The number of benzene rings is 1.